The van der Waals surface area contributed by atoms with E-state index < -0.39 is 0 Å². The van der Waals surface area contributed by atoms with Gasteiger partial charge in [0.15, 0.2) is 5.82 Å². The van der Waals surface area contributed by atoms with Crippen molar-refractivity contribution in [2.24, 2.45) is 5.73 Å². The Morgan fingerprint density at radius 2 is 2.04 bits per heavy atom. The van der Waals surface area contributed by atoms with Gasteiger partial charge in [-0.2, -0.15) is 5.26 Å². The maximum Gasteiger partial charge on any atom is 0.223 e. The molecule has 2 heterocycles. The zero-order valence-corrected chi connectivity index (χ0v) is 13.6. The van der Waals surface area contributed by atoms with Gasteiger partial charge >= 0.3 is 0 Å². The van der Waals surface area contributed by atoms with Gasteiger partial charge in [0.25, 0.3) is 0 Å². The largest absolute Gasteiger partial charge is 0.364 e. The van der Waals surface area contributed by atoms with Crippen LogP contribution in [0.4, 0.5) is 11.8 Å². The highest BCUT2D eigenvalue weighted by molar-refractivity contribution is 5.89. The van der Waals surface area contributed by atoms with Crippen LogP contribution in [0.1, 0.15) is 39.3 Å². The van der Waals surface area contributed by atoms with Crippen LogP contribution in [0, 0.1) is 11.3 Å². The third-order valence-electron chi connectivity index (χ3n) is 3.68. The van der Waals surface area contributed by atoms with Crippen molar-refractivity contribution in [2.45, 2.75) is 51.2 Å². The minimum absolute atomic E-state index is 0.187. The summed E-state index contributed by atoms with van der Waals surface area (Å²) in [5, 5.41) is 16.6. The first-order valence-corrected chi connectivity index (χ1v) is 7.72. The molecule has 0 unspecified atom stereocenters. The molecule has 1 aliphatic carbocycles. The second-order valence-electron chi connectivity index (χ2n) is 7.05. The van der Waals surface area contributed by atoms with Gasteiger partial charge in [-0.3, -0.25) is 0 Å². The summed E-state index contributed by atoms with van der Waals surface area (Å²) in [7, 11) is 0. The highest BCUT2D eigenvalue weighted by Gasteiger charge is 2.26. The van der Waals surface area contributed by atoms with E-state index in [9.17, 15) is 0 Å². The van der Waals surface area contributed by atoms with Gasteiger partial charge in [-0.25, -0.2) is 15.0 Å². The molecule has 7 heteroatoms. The summed E-state index contributed by atoms with van der Waals surface area (Å²) >= 11 is 0. The van der Waals surface area contributed by atoms with E-state index in [0.717, 1.165) is 18.2 Å². The number of hydrogen-bond acceptors (Lipinski definition) is 7. The van der Waals surface area contributed by atoms with Crippen LogP contribution in [0.5, 0.6) is 0 Å². The first-order valence-electron chi connectivity index (χ1n) is 7.72. The molecule has 2 aromatic rings. The Hall–Kier alpha value is -2.46. The summed E-state index contributed by atoms with van der Waals surface area (Å²) in [4.78, 5) is 13.3. The summed E-state index contributed by atoms with van der Waals surface area (Å²) in [5.41, 5.74) is 6.67. The van der Waals surface area contributed by atoms with Crippen LogP contribution in [0.3, 0.4) is 0 Å². The molecule has 1 aliphatic rings. The number of nitriles is 1. The van der Waals surface area contributed by atoms with Crippen molar-refractivity contribution in [3.8, 4) is 6.07 Å². The average molecular weight is 311 g/mol. The van der Waals surface area contributed by atoms with E-state index in [-0.39, 0.29) is 11.6 Å². The van der Waals surface area contributed by atoms with Gasteiger partial charge in [-0.05, 0) is 39.7 Å². The van der Waals surface area contributed by atoms with Crippen LogP contribution in [0.15, 0.2) is 12.3 Å². The maximum atomic E-state index is 9.15. The number of hydrogen-bond donors (Lipinski definition) is 3. The van der Waals surface area contributed by atoms with Crippen molar-refractivity contribution in [2.75, 3.05) is 10.6 Å². The van der Waals surface area contributed by atoms with Gasteiger partial charge in [-0.1, -0.05) is 0 Å². The molecule has 120 valence electrons. The van der Waals surface area contributed by atoms with Crippen molar-refractivity contribution in [1.29, 1.82) is 5.26 Å². The first kappa shape index (κ1) is 15.4. The van der Waals surface area contributed by atoms with Crippen molar-refractivity contribution < 1.29 is 0 Å². The summed E-state index contributed by atoms with van der Waals surface area (Å²) < 4.78 is 0. The van der Waals surface area contributed by atoms with Crippen LogP contribution in [0.2, 0.25) is 0 Å². The lowest BCUT2D eigenvalue weighted by molar-refractivity contribution is 0.372. The third-order valence-corrected chi connectivity index (χ3v) is 3.68. The SMILES string of the molecule is CC(C)(C)Nc1nc(C#N)cc2cnc(N[C@H]3C[C@H](N)C3)nc12. The number of fused-ring (bicyclic) bond motifs is 1. The zero-order valence-electron chi connectivity index (χ0n) is 13.6. The van der Waals surface area contributed by atoms with Crippen LogP contribution in [-0.2, 0) is 0 Å². The third kappa shape index (κ3) is 3.48. The maximum absolute atomic E-state index is 9.15. The minimum Gasteiger partial charge on any atom is -0.364 e. The predicted octanol–water partition coefficient (Wildman–Crippen LogP) is 2.01. The molecule has 3 rings (SSSR count). The molecule has 7 nitrogen and oxygen atoms in total. The Balaban J connectivity index is 1.98. The Labute approximate surface area is 135 Å². The van der Waals surface area contributed by atoms with Gasteiger partial charge in [-0.15, -0.1) is 0 Å². The molecule has 0 radical (unpaired) electrons. The smallest absolute Gasteiger partial charge is 0.223 e. The van der Waals surface area contributed by atoms with E-state index in [1.165, 1.54) is 0 Å². The number of anilines is 2. The van der Waals surface area contributed by atoms with E-state index in [4.69, 9.17) is 11.0 Å². The molecular weight excluding hydrogens is 290 g/mol. The fraction of sp³-hybridized carbons (Fsp3) is 0.500. The number of nitrogens with one attached hydrogen (secondary N) is 2. The molecule has 1 saturated carbocycles. The standard InChI is InChI=1S/C16H21N7/c1-16(2,3)23-14-13-9(4-12(7-17)20-14)8-19-15(22-13)21-11-5-10(18)6-11/h4,8,10-11H,5-6,18H2,1-3H3,(H,20,23)(H,19,21,22)/t10-,11-. The first-order chi connectivity index (χ1) is 10.8. The normalized spacial score (nSPS) is 20.7. The molecule has 0 aromatic carbocycles. The molecule has 0 amide bonds. The number of rotatable bonds is 3. The average Bonchev–Trinajstić information content (AvgIpc) is 2.44. The van der Waals surface area contributed by atoms with E-state index in [0.29, 0.717) is 29.0 Å². The molecule has 23 heavy (non-hydrogen) atoms. The molecule has 0 saturated heterocycles. The zero-order chi connectivity index (χ0) is 16.6. The fourth-order valence-corrected chi connectivity index (χ4v) is 2.57. The van der Waals surface area contributed by atoms with Gasteiger partial charge in [0.05, 0.1) is 0 Å². The number of nitrogens with two attached hydrogens (primary N) is 1. The van der Waals surface area contributed by atoms with Crippen LogP contribution in [-0.4, -0.2) is 32.6 Å². The molecule has 0 spiro atoms. The lowest BCUT2D eigenvalue weighted by Gasteiger charge is -2.32. The number of pyridine rings is 1. The van der Waals surface area contributed by atoms with Crippen molar-refractivity contribution in [1.82, 2.24) is 15.0 Å². The molecule has 2 aromatic heterocycles. The highest BCUT2D eigenvalue weighted by atomic mass is 15.1. The summed E-state index contributed by atoms with van der Waals surface area (Å²) in [5.74, 6) is 1.17. The van der Waals surface area contributed by atoms with Crippen LogP contribution in [0.25, 0.3) is 10.9 Å². The van der Waals surface area contributed by atoms with E-state index in [1.54, 1.807) is 12.3 Å². The molecule has 0 atom stereocenters. The lowest BCUT2D eigenvalue weighted by Crippen LogP contribution is -2.44. The van der Waals surface area contributed by atoms with E-state index >= 15 is 0 Å². The molecule has 0 bridgehead atoms. The quantitative estimate of drug-likeness (QED) is 0.794. The van der Waals surface area contributed by atoms with Crippen LogP contribution < -0.4 is 16.4 Å². The van der Waals surface area contributed by atoms with Gasteiger partial charge < -0.3 is 16.4 Å². The monoisotopic (exact) mass is 311 g/mol. The lowest BCUT2D eigenvalue weighted by atomic mass is 9.88. The molecule has 1 fully saturated rings. The van der Waals surface area contributed by atoms with Gasteiger partial charge in [0.1, 0.15) is 17.3 Å². The van der Waals surface area contributed by atoms with Gasteiger partial charge in [0.2, 0.25) is 5.95 Å². The van der Waals surface area contributed by atoms with Crippen molar-refractivity contribution in [3.63, 3.8) is 0 Å². The summed E-state index contributed by atoms with van der Waals surface area (Å²) in [6.45, 7) is 6.11. The number of nitrogens with zero attached hydrogens (tertiary/aromatic N) is 4. The molecular formula is C16H21N7. The highest BCUT2D eigenvalue weighted by Crippen LogP contribution is 2.26. The van der Waals surface area contributed by atoms with E-state index in [2.05, 4.69) is 31.7 Å². The fourth-order valence-electron chi connectivity index (χ4n) is 2.57. The number of aromatic nitrogens is 3. The predicted molar refractivity (Wildman–Crippen MR) is 90.0 cm³/mol. The Morgan fingerprint density at radius 1 is 1.30 bits per heavy atom. The van der Waals surface area contributed by atoms with Crippen molar-refractivity contribution >= 4 is 22.7 Å². The molecule has 4 N–H and O–H groups in total. The van der Waals surface area contributed by atoms with Crippen molar-refractivity contribution in [3.05, 3.63) is 18.0 Å². The Bertz CT molecular complexity index is 766. The minimum atomic E-state index is -0.187. The topological polar surface area (TPSA) is 113 Å². The Morgan fingerprint density at radius 3 is 2.65 bits per heavy atom. The molecule has 0 aliphatic heterocycles. The van der Waals surface area contributed by atoms with E-state index in [1.807, 2.05) is 20.8 Å². The van der Waals surface area contributed by atoms with Crippen LogP contribution >= 0.6 is 0 Å². The second-order valence-corrected chi connectivity index (χ2v) is 7.05. The van der Waals surface area contributed by atoms with Gasteiger partial charge in [0, 0.05) is 29.2 Å². The Kier molecular flexibility index (Phi) is 3.78. The summed E-state index contributed by atoms with van der Waals surface area (Å²) in [6, 6.07) is 4.38. The second kappa shape index (κ2) is 5.63. The summed E-state index contributed by atoms with van der Waals surface area (Å²) in [6.07, 6.45) is 3.58.